The predicted molar refractivity (Wildman–Crippen MR) is 90.0 cm³/mol. The average molecular weight is 350 g/mol. The van der Waals surface area contributed by atoms with Gasteiger partial charge in [0.05, 0.1) is 16.2 Å². The van der Waals surface area contributed by atoms with Crippen molar-refractivity contribution in [3.05, 3.63) is 33.9 Å². The van der Waals surface area contributed by atoms with Gasteiger partial charge in [0.15, 0.2) is 0 Å². The molecule has 1 heterocycles. The Labute approximate surface area is 143 Å². The average Bonchev–Trinajstić information content (AvgIpc) is 2.95. The number of nitro benzene ring substituents is 1. The molecule has 0 bridgehead atoms. The van der Waals surface area contributed by atoms with Gasteiger partial charge in [-0.05, 0) is 49.8 Å². The number of carbonyl (C=O) groups excluding carboxylic acids is 1. The third-order valence-electron chi connectivity index (χ3n) is 3.03. The molecule has 1 aromatic carbocycles. The Morgan fingerprint density at radius 1 is 1.42 bits per heavy atom. The number of anilines is 1. The Balaban J connectivity index is 2.05. The molecule has 1 aromatic heterocycles. The van der Waals surface area contributed by atoms with Gasteiger partial charge in [-0.15, -0.1) is 5.10 Å². The Morgan fingerprint density at radius 2 is 2.12 bits per heavy atom. The van der Waals surface area contributed by atoms with E-state index in [0.29, 0.717) is 5.16 Å². The molecule has 2 aromatic rings. The molecule has 0 saturated heterocycles. The largest absolute Gasteiger partial charge is 0.320 e. The van der Waals surface area contributed by atoms with Crippen LogP contribution in [-0.2, 0) is 10.3 Å². The summed E-state index contributed by atoms with van der Waals surface area (Å²) < 4.78 is 1.62. The van der Waals surface area contributed by atoms with Crippen molar-refractivity contribution in [2.75, 3.05) is 11.1 Å². The maximum atomic E-state index is 12.1. The fourth-order valence-corrected chi connectivity index (χ4v) is 2.76. The first-order valence-corrected chi connectivity index (χ1v) is 8.13. The molecule has 0 aliphatic rings. The van der Waals surface area contributed by atoms with Crippen LogP contribution in [0, 0.1) is 17.0 Å². The van der Waals surface area contributed by atoms with Crippen molar-refractivity contribution in [2.24, 2.45) is 0 Å². The number of carbonyl (C=O) groups is 1. The van der Waals surface area contributed by atoms with Crippen molar-refractivity contribution < 1.29 is 9.72 Å². The first-order valence-electron chi connectivity index (χ1n) is 7.15. The first-order chi connectivity index (χ1) is 11.2. The number of tetrazole rings is 1. The molecule has 1 N–H and O–H groups in total. The lowest BCUT2D eigenvalue weighted by molar-refractivity contribution is -0.384. The Hall–Kier alpha value is -2.49. The highest BCUT2D eigenvalue weighted by atomic mass is 32.2. The lowest BCUT2D eigenvalue weighted by atomic mass is 10.1. The topological polar surface area (TPSA) is 116 Å². The number of aromatic nitrogens is 4. The van der Waals surface area contributed by atoms with E-state index in [2.05, 4.69) is 20.8 Å². The summed E-state index contributed by atoms with van der Waals surface area (Å²) in [6.07, 6.45) is 0. The van der Waals surface area contributed by atoms with Crippen molar-refractivity contribution in [2.45, 2.75) is 38.4 Å². The Kier molecular flexibility index (Phi) is 5.17. The minimum atomic E-state index is -0.518. The molecule has 9 nitrogen and oxygen atoms in total. The third kappa shape index (κ3) is 4.28. The molecule has 0 aliphatic heterocycles. The smallest absolute Gasteiger partial charge is 0.293 e. The van der Waals surface area contributed by atoms with E-state index in [1.54, 1.807) is 17.7 Å². The Bertz CT molecular complexity index is 768. The van der Waals surface area contributed by atoms with Crippen molar-refractivity contribution in [1.29, 1.82) is 0 Å². The summed E-state index contributed by atoms with van der Waals surface area (Å²) >= 11 is 1.17. The molecule has 1 amide bonds. The van der Waals surface area contributed by atoms with Gasteiger partial charge in [0.25, 0.3) is 5.69 Å². The van der Waals surface area contributed by atoms with Gasteiger partial charge in [0.2, 0.25) is 11.1 Å². The molecular formula is C14H18N6O3S. The molecule has 10 heteroatoms. The van der Waals surface area contributed by atoms with Crippen LogP contribution in [0.2, 0.25) is 0 Å². The van der Waals surface area contributed by atoms with E-state index in [1.165, 1.54) is 23.9 Å². The van der Waals surface area contributed by atoms with Crippen LogP contribution in [0.4, 0.5) is 11.4 Å². The summed E-state index contributed by atoms with van der Waals surface area (Å²) in [7, 11) is 0. The van der Waals surface area contributed by atoms with Crippen LogP contribution < -0.4 is 5.32 Å². The molecular weight excluding hydrogens is 332 g/mol. The molecule has 24 heavy (non-hydrogen) atoms. The standard InChI is InChI=1S/C14H18N6O3S/c1-9-5-6-10(11(7-9)20(22)23)15-12(21)8-24-13-16-17-18-19(13)14(2,3)4/h5-7H,8H2,1-4H3,(H,15,21). The minimum absolute atomic E-state index is 0.0431. The zero-order valence-corrected chi connectivity index (χ0v) is 14.6. The van der Waals surface area contributed by atoms with Crippen molar-refractivity contribution >= 4 is 29.0 Å². The molecule has 0 spiro atoms. The second-order valence-electron chi connectivity index (χ2n) is 6.16. The molecule has 128 valence electrons. The van der Waals surface area contributed by atoms with Gasteiger partial charge in [-0.1, -0.05) is 17.8 Å². The van der Waals surface area contributed by atoms with Crippen LogP contribution in [0.5, 0.6) is 0 Å². The van der Waals surface area contributed by atoms with Crippen LogP contribution in [-0.4, -0.2) is 36.8 Å². The van der Waals surface area contributed by atoms with Crippen molar-refractivity contribution in [1.82, 2.24) is 20.2 Å². The van der Waals surface area contributed by atoms with Crippen LogP contribution in [0.25, 0.3) is 0 Å². The highest BCUT2D eigenvalue weighted by molar-refractivity contribution is 7.99. The van der Waals surface area contributed by atoms with E-state index in [9.17, 15) is 14.9 Å². The maximum Gasteiger partial charge on any atom is 0.293 e. The quantitative estimate of drug-likeness (QED) is 0.500. The van der Waals surface area contributed by atoms with E-state index in [-0.39, 0.29) is 28.6 Å². The molecule has 0 atom stereocenters. The number of thioether (sulfide) groups is 1. The zero-order chi connectivity index (χ0) is 17.9. The summed E-state index contributed by atoms with van der Waals surface area (Å²) in [5.74, 6) is -0.322. The predicted octanol–water partition coefficient (Wildman–Crippen LogP) is 2.38. The minimum Gasteiger partial charge on any atom is -0.320 e. The highest BCUT2D eigenvalue weighted by Gasteiger charge is 2.21. The number of rotatable bonds is 5. The summed E-state index contributed by atoms with van der Waals surface area (Å²) in [6, 6.07) is 4.65. The van der Waals surface area contributed by atoms with E-state index in [1.807, 2.05) is 20.8 Å². The lowest BCUT2D eigenvalue weighted by Gasteiger charge is -2.19. The maximum absolute atomic E-state index is 12.1. The summed E-state index contributed by atoms with van der Waals surface area (Å²) in [5, 5.41) is 25.6. The van der Waals surface area contributed by atoms with Crippen LogP contribution in [0.3, 0.4) is 0 Å². The lowest BCUT2D eigenvalue weighted by Crippen LogP contribution is -2.24. The van der Waals surface area contributed by atoms with E-state index >= 15 is 0 Å². The number of hydrogen-bond acceptors (Lipinski definition) is 7. The fourth-order valence-electron chi connectivity index (χ4n) is 1.90. The van der Waals surface area contributed by atoms with Crippen LogP contribution in [0.15, 0.2) is 23.4 Å². The highest BCUT2D eigenvalue weighted by Crippen LogP contribution is 2.26. The van der Waals surface area contributed by atoms with Gasteiger partial charge in [-0.2, -0.15) is 0 Å². The zero-order valence-electron chi connectivity index (χ0n) is 13.8. The summed E-state index contributed by atoms with van der Waals surface area (Å²) in [4.78, 5) is 22.7. The van der Waals surface area contributed by atoms with E-state index in [0.717, 1.165) is 5.56 Å². The summed E-state index contributed by atoms with van der Waals surface area (Å²) in [5.41, 5.74) is 0.482. The molecule has 0 saturated carbocycles. The SMILES string of the molecule is Cc1ccc(NC(=O)CSc2nnnn2C(C)(C)C)c([N+](=O)[O-])c1. The third-order valence-corrected chi connectivity index (χ3v) is 3.95. The normalized spacial score (nSPS) is 11.3. The van der Waals surface area contributed by atoms with Crippen LogP contribution in [0.1, 0.15) is 26.3 Å². The van der Waals surface area contributed by atoms with Crippen molar-refractivity contribution in [3.8, 4) is 0 Å². The number of nitro groups is 1. The fraction of sp³-hybridized carbons (Fsp3) is 0.429. The first kappa shape index (κ1) is 17.9. The van der Waals surface area contributed by atoms with E-state index in [4.69, 9.17) is 0 Å². The van der Waals surface area contributed by atoms with Gasteiger partial charge in [0.1, 0.15) is 5.69 Å². The van der Waals surface area contributed by atoms with Gasteiger partial charge in [-0.25, -0.2) is 4.68 Å². The molecule has 0 radical (unpaired) electrons. The number of nitrogens with zero attached hydrogens (tertiary/aromatic N) is 5. The second kappa shape index (κ2) is 6.95. The Morgan fingerprint density at radius 3 is 2.75 bits per heavy atom. The second-order valence-corrected chi connectivity index (χ2v) is 7.10. The number of nitrogens with one attached hydrogen (secondary N) is 1. The van der Waals surface area contributed by atoms with Gasteiger partial charge < -0.3 is 5.32 Å². The summed E-state index contributed by atoms with van der Waals surface area (Å²) in [6.45, 7) is 7.59. The molecule has 2 rings (SSSR count). The van der Waals surface area contributed by atoms with Crippen molar-refractivity contribution in [3.63, 3.8) is 0 Å². The van der Waals surface area contributed by atoms with Crippen LogP contribution >= 0.6 is 11.8 Å². The van der Waals surface area contributed by atoms with Gasteiger partial charge in [0, 0.05) is 6.07 Å². The number of benzene rings is 1. The monoisotopic (exact) mass is 350 g/mol. The molecule has 0 unspecified atom stereocenters. The van der Waals surface area contributed by atoms with Gasteiger partial charge in [-0.3, -0.25) is 14.9 Å². The number of aryl methyl sites for hydroxylation is 1. The molecule has 0 fully saturated rings. The van der Waals surface area contributed by atoms with Gasteiger partial charge >= 0.3 is 0 Å². The number of amides is 1. The molecule has 0 aliphatic carbocycles. The number of hydrogen-bond donors (Lipinski definition) is 1. The van der Waals surface area contributed by atoms with E-state index < -0.39 is 4.92 Å².